The minimum atomic E-state index is -0.791. The Hall–Kier alpha value is -3.28. The Morgan fingerprint density at radius 2 is 2.00 bits per heavy atom. The summed E-state index contributed by atoms with van der Waals surface area (Å²) in [5, 5.41) is 3.51. The number of hydrogen-bond acceptors (Lipinski definition) is 4. The molecule has 1 aliphatic carbocycles. The van der Waals surface area contributed by atoms with E-state index in [1.165, 1.54) is 23.3 Å². The fraction of sp³-hybridized carbons (Fsp3) is 0.227. The van der Waals surface area contributed by atoms with Crippen LogP contribution in [-0.2, 0) is 6.42 Å². The highest BCUT2D eigenvalue weighted by Crippen LogP contribution is 2.32. The van der Waals surface area contributed by atoms with Gasteiger partial charge in [-0.2, -0.15) is 0 Å². The van der Waals surface area contributed by atoms with Gasteiger partial charge in [0.25, 0.3) is 5.91 Å². The van der Waals surface area contributed by atoms with Crippen molar-refractivity contribution in [2.45, 2.75) is 32.2 Å². The van der Waals surface area contributed by atoms with Gasteiger partial charge in [0.05, 0.1) is 17.3 Å². The Bertz CT molecular complexity index is 1050. The van der Waals surface area contributed by atoms with Gasteiger partial charge in [0.15, 0.2) is 0 Å². The lowest BCUT2D eigenvalue weighted by Gasteiger charge is -2.27. The molecule has 0 radical (unpaired) electrons. The number of amides is 1. The third-order valence-corrected chi connectivity index (χ3v) is 5.06. The summed E-state index contributed by atoms with van der Waals surface area (Å²) in [6, 6.07) is 14.7. The van der Waals surface area contributed by atoms with Crippen molar-refractivity contribution in [2.75, 3.05) is 5.32 Å². The molecule has 3 N–H and O–H groups in total. The molecule has 1 amide bonds. The average molecular weight is 376 g/mol. The average Bonchev–Trinajstić information content (AvgIpc) is 2.67. The molecule has 1 atom stereocenters. The molecule has 1 aliphatic rings. The van der Waals surface area contributed by atoms with Crippen molar-refractivity contribution in [3.8, 4) is 11.3 Å². The number of nitrogens with one attached hydrogen (secondary N) is 1. The standard InChI is InChI=1S/C22H21FN4O/c1-13-25-20(15-9-10-17(22(24)28)18(23)11-15)12-21(26-13)27-19-8-4-6-14-5-2-3-7-16(14)19/h2-3,5,7,9-12,19H,4,6,8H2,1H3,(H2,24,28)(H,25,26,27)/t19-/m1/s1. The largest absolute Gasteiger partial charge is 0.366 e. The van der Waals surface area contributed by atoms with Crippen molar-refractivity contribution < 1.29 is 9.18 Å². The summed E-state index contributed by atoms with van der Waals surface area (Å²) in [4.78, 5) is 20.2. The van der Waals surface area contributed by atoms with Gasteiger partial charge in [-0.3, -0.25) is 4.79 Å². The van der Waals surface area contributed by atoms with Gasteiger partial charge in [-0.05, 0) is 49.4 Å². The molecule has 5 nitrogen and oxygen atoms in total. The van der Waals surface area contributed by atoms with E-state index in [2.05, 4.69) is 39.6 Å². The zero-order chi connectivity index (χ0) is 19.7. The van der Waals surface area contributed by atoms with Crippen molar-refractivity contribution in [1.29, 1.82) is 0 Å². The van der Waals surface area contributed by atoms with Crippen LogP contribution < -0.4 is 11.1 Å². The molecule has 142 valence electrons. The van der Waals surface area contributed by atoms with Crippen molar-refractivity contribution in [3.05, 3.63) is 76.9 Å². The van der Waals surface area contributed by atoms with E-state index in [1.54, 1.807) is 13.0 Å². The lowest BCUT2D eigenvalue weighted by atomic mass is 9.88. The van der Waals surface area contributed by atoms with E-state index in [0.29, 0.717) is 22.9 Å². The maximum absolute atomic E-state index is 14.2. The Morgan fingerprint density at radius 3 is 2.79 bits per heavy atom. The summed E-state index contributed by atoms with van der Waals surface area (Å²) in [5.74, 6) is -0.162. The van der Waals surface area contributed by atoms with Gasteiger partial charge in [-0.1, -0.05) is 30.3 Å². The Morgan fingerprint density at radius 1 is 1.18 bits per heavy atom. The highest BCUT2D eigenvalue weighted by Gasteiger charge is 2.20. The van der Waals surface area contributed by atoms with Crippen LogP contribution in [0.15, 0.2) is 48.5 Å². The molecule has 0 unspecified atom stereocenters. The summed E-state index contributed by atoms with van der Waals surface area (Å²) in [6.07, 6.45) is 3.23. The molecule has 2 aromatic carbocycles. The molecule has 0 fully saturated rings. The summed E-state index contributed by atoms with van der Waals surface area (Å²) in [6.45, 7) is 1.80. The van der Waals surface area contributed by atoms with E-state index in [4.69, 9.17) is 5.73 Å². The molecule has 0 spiro atoms. The fourth-order valence-corrected chi connectivity index (χ4v) is 3.75. The molecule has 0 saturated heterocycles. The summed E-state index contributed by atoms with van der Waals surface area (Å²) in [5.41, 5.74) is 8.87. The molecule has 28 heavy (non-hydrogen) atoms. The first kappa shape index (κ1) is 18.1. The number of benzene rings is 2. The predicted molar refractivity (Wildman–Crippen MR) is 106 cm³/mol. The molecule has 6 heteroatoms. The third-order valence-electron chi connectivity index (χ3n) is 5.06. The van der Waals surface area contributed by atoms with Crippen molar-refractivity contribution in [2.24, 2.45) is 5.73 Å². The van der Waals surface area contributed by atoms with Crippen LogP contribution in [0.4, 0.5) is 10.2 Å². The maximum Gasteiger partial charge on any atom is 0.251 e. The summed E-state index contributed by atoms with van der Waals surface area (Å²) < 4.78 is 14.2. The van der Waals surface area contributed by atoms with Crippen LogP contribution in [0, 0.1) is 12.7 Å². The second-order valence-electron chi connectivity index (χ2n) is 7.03. The zero-order valence-electron chi connectivity index (χ0n) is 15.6. The Labute approximate surface area is 162 Å². The minimum Gasteiger partial charge on any atom is -0.366 e. The highest BCUT2D eigenvalue weighted by atomic mass is 19.1. The first-order valence-corrected chi connectivity index (χ1v) is 9.31. The number of primary amides is 1. The van der Waals surface area contributed by atoms with E-state index in [-0.39, 0.29) is 11.6 Å². The number of anilines is 1. The number of rotatable bonds is 4. The third kappa shape index (κ3) is 3.58. The number of nitrogens with two attached hydrogens (primary N) is 1. The van der Waals surface area contributed by atoms with Crippen LogP contribution in [0.1, 0.15) is 46.2 Å². The van der Waals surface area contributed by atoms with Gasteiger partial charge >= 0.3 is 0 Å². The summed E-state index contributed by atoms with van der Waals surface area (Å²) >= 11 is 0. The van der Waals surface area contributed by atoms with E-state index >= 15 is 0 Å². The van der Waals surface area contributed by atoms with E-state index in [0.717, 1.165) is 19.3 Å². The molecular weight excluding hydrogens is 355 g/mol. The molecular formula is C22H21FN4O. The van der Waals surface area contributed by atoms with Crippen LogP contribution in [0.2, 0.25) is 0 Å². The minimum absolute atomic E-state index is 0.133. The second kappa shape index (κ2) is 7.38. The maximum atomic E-state index is 14.2. The number of carbonyl (C=O) groups is 1. The van der Waals surface area contributed by atoms with Crippen molar-refractivity contribution in [1.82, 2.24) is 9.97 Å². The first-order chi connectivity index (χ1) is 13.5. The highest BCUT2D eigenvalue weighted by molar-refractivity contribution is 5.93. The molecule has 1 heterocycles. The second-order valence-corrected chi connectivity index (χ2v) is 7.03. The predicted octanol–water partition coefficient (Wildman–Crippen LogP) is 4.18. The normalized spacial score (nSPS) is 15.7. The lowest BCUT2D eigenvalue weighted by molar-refractivity contribution is 0.0996. The van der Waals surface area contributed by atoms with Crippen LogP contribution in [0.5, 0.6) is 0 Å². The monoisotopic (exact) mass is 376 g/mol. The number of carbonyl (C=O) groups excluding carboxylic acids is 1. The quantitative estimate of drug-likeness (QED) is 0.716. The Kier molecular flexibility index (Phi) is 4.77. The van der Waals surface area contributed by atoms with Gasteiger partial charge in [-0.25, -0.2) is 14.4 Å². The van der Waals surface area contributed by atoms with Gasteiger partial charge < -0.3 is 11.1 Å². The molecule has 0 bridgehead atoms. The van der Waals surface area contributed by atoms with Crippen LogP contribution in [-0.4, -0.2) is 15.9 Å². The lowest BCUT2D eigenvalue weighted by Crippen LogP contribution is -2.18. The number of fused-ring (bicyclic) bond motifs is 1. The summed E-state index contributed by atoms with van der Waals surface area (Å²) in [7, 11) is 0. The Balaban J connectivity index is 1.65. The van der Waals surface area contributed by atoms with E-state index in [1.807, 2.05) is 6.07 Å². The zero-order valence-corrected chi connectivity index (χ0v) is 15.6. The topological polar surface area (TPSA) is 80.9 Å². The van der Waals surface area contributed by atoms with E-state index < -0.39 is 11.7 Å². The number of hydrogen-bond donors (Lipinski definition) is 2. The molecule has 4 rings (SSSR count). The van der Waals surface area contributed by atoms with Crippen LogP contribution >= 0.6 is 0 Å². The van der Waals surface area contributed by atoms with Crippen molar-refractivity contribution in [3.63, 3.8) is 0 Å². The van der Waals surface area contributed by atoms with Gasteiger partial charge in [0.1, 0.15) is 17.5 Å². The number of halogens is 1. The van der Waals surface area contributed by atoms with Gasteiger partial charge in [0, 0.05) is 11.6 Å². The number of aromatic nitrogens is 2. The smallest absolute Gasteiger partial charge is 0.251 e. The van der Waals surface area contributed by atoms with Crippen LogP contribution in [0.25, 0.3) is 11.3 Å². The van der Waals surface area contributed by atoms with E-state index in [9.17, 15) is 9.18 Å². The number of nitrogens with zero attached hydrogens (tertiary/aromatic N) is 2. The molecule has 0 aliphatic heterocycles. The van der Waals surface area contributed by atoms with Gasteiger partial charge in [0.2, 0.25) is 0 Å². The number of aryl methyl sites for hydroxylation is 2. The van der Waals surface area contributed by atoms with Crippen molar-refractivity contribution >= 4 is 11.7 Å². The SMILES string of the molecule is Cc1nc(N[C@@H]2CCCc3ccccc32)cc(-c2ccc(C(N)=O)c(F)c2)n1. The molecule has 1 aromatic heterocycles. The first-order valence-electron chi connectivity index (χ1n) is 9.31. The van der Waals surface area contributed by atoms with Gasteiger partial charge in [-0.15, -0.1) is 0 Å². The van der Waals surface area contributed by atoms with Crippen LogP contribution in [0.3, 0.4) is 0 Å². The molecule has 3 aromatic rings. The molecule has 0 saturated carbocycles. The fourth-order valence-electron chi connectivity index (χ4n) is 3.75.